The summed E-state index contributed by atoms with van der Waals surface area (Å²) in [6.45, 7) is 13.2. The average Bonchev–Trinajstić information content (AvgIpc) is 2.48. The molecule has 1 aromatic carbocycles. The molecule has 2 N–H and O–H groups in total. The largest absolute Gasteiger partial charge is 0.489 e. The Morgan fingerprint density at radius 3 is 2.31 bits per heavy atom. The molecule has 2 rings (SSSR count). The summed E-state index contributed by atoms with van der Waals surface area (Å²) in [5.74, 6) is 1.17. The minimum atomic E-state index is -0.454. The molecular weight excluding hydrogens is 328 g/mol. The topological polar surface area (TPSA) is 64.8 Å². The van der Waals surface area contributed by atoms with Gasteiger partial charge in [-0.2, -0.15) is 0 Å². The number of nitrogens with two attached hydrogens (primary N) is 1. The minimum Gasteiger partial charge on any atom is -0.489 e. The lowest BCUT2D eigenvalue weighted by molar-refractivity contribution is 0.0204. The molecule has 1 fully saturated rings. The molecule has 0 spiro atoms. The predicted molar refractivity (Wildman–Crippen MR) is 108 cm³/mol. The molecule has 1 heterocycles. The van der Waals surface area contributed by atoms with Crippen LogP contribution in [0.4, 0.5) is 10.5 Å². The first-order valence-corrected chi connectivity index (χ1v) is 9.11. The number of anilines is 1. The summed E-state index contributed by atoms with van der Waals surface area (Å²) >= 11 is 0. The van der Waals surface area contributed by atoms with E-state index in [0.717, 1.165) is 18.6 Å². The summed E-state index contributed by atoms with van der Waals surface area (Å²) in [6, 6.07) is 4.08. The van der Waals surface area contributed by atoms with Crippen LogP contribution in [0.15, 0.2) is 12.1 Å². The molecule has 0 aromatic heterocycles. The van der Waals surface area contributed by atoms with Gasteiger partial charge in [-0.05, 0) is 83.6 Å². The Balaban J connectivity index is 0.00000338. The monoisotopic (exact) mass is 364 g/mol. The third-order valence-corrected chi connectivity index (χ3v) is 4.35. The normalized spacial score (nSPS) is 15.6. The summed E-state index contributed by atoms with van der Waals surface area (Å²) in [6.07, 6.45) is 1.71. The van der Waals surface area contributed by atoms with Crippen molar-refractivity contribution >= 4 is 11.8 Å². The van der Waals surface area contributed by atoms with Crippen LogP contribution >= 0.6 is 0 Å². The van der Waals surface area contributed by atoms with Gasteiger partial charge in [-0.3, -0.25) is 0 Å². The van der Waals surface area contributed by atoms with Crippen molar-refractivity contribution in [3.05, 3.63) is 23.3 Å². The SMILES string of the molecule is C.Cc1cc(N)c(OC(C)C)cc1C1CCN(C(=O)OC(C)(C)C)CC1. The van der Waals surface area contributed by atoms with Crippen molar-refractivity contribution in [3.63, 3.8) is 0 Å². The minimum absolute atomic E-state index is 0. The summed E-state index contributed by atoms with van der Waals surface area (Å²) in [5.41, 5.74) is 8.78. The number of aryl methyl sites for hydroxylation is 1. The van der Waals surface area contributed by atoms with Crippen LogP contribution in [0, 0.1) is 6.92 Å². The van der Waals surface area contributed by atoms with Crippen molar-refractivity contribution in [2.75, 3.05) is 18.8 Å². The second-order valence-corrected chi connectivity index (χ2v) is 8.15. The van der Waals surface area contributed by atoms with E-state index >= 15 is 0 Å². The molecule has 148 valence electrons. The molecular formula is C21H36N2O3. The number of benzene rings is 1. The Kier molecular flexibility index (Phi) is 7.36. The summed E-state index contributed by atoms with van der Waals surface area (Å²) in [5, 5.41) is 0. The molecule has 1 saturated heterocycles. The molecule has 0 aliphatic carbocycles. The zero-order chi connectivity index (χ0) is 18.8. The lowest BCUT2D eigenvalue weighted by atomic mass is 9.86. The standard InChI is InChI=1S/C20H32N2O3.CH4/c1-13(2)24-18-12-16(14(3)11-17(18)21)15-7-9-22(10-8-15)19(23)25-20(4,5)6;/h11-13,15H,7-10,21H2,1-6H3;1H4. The molecule has 26 heavy (non-hydrogen) atoms. The van der Waals surface area contributed by atoms with Crippen molar-refractivity contribution < 1.29 is 14.3 Å². The Morgan fingerprint density at radius 2 is 1.81 bits per heavy atom. The first kappa shape index (κ1) is 22.1. The van der Waals surface area contributed by atoms with E-state index in [9.17, 15) is 4.79 Å². The van der Waals surface area contributed by atoms with Crippen LogP contribution in [-0.2, 0) is 4.74 Å². The van der Waals surface area contributed by atoms with Gasteiger partial charge in [0.15, 0.2) is 0 Å². The van der Waals surface area contributed by atoms with Crippen LogP contribution in [0.2, 0.25) is 0 Å². The number of rotatable bonds is 3. The Hall–Kier alpha value is -1.91. The number of amides is 1. The zero-order valence-corrected chi connectivity index (χ0v) is 16.4. The van der Waals surface area contributed by atoms with E-state index in [-0.39, 0.29) is 19.6 Å². The van der Waals surface area contributed by atoms with Crippen LogP contribution in [-0.4, -0.2) is 35.8 Å². The molecule has 0 unspecified atom stereocenters. The van der Waals surface area contributed by atoms with Gasteiger partial charge in [0.05, 0.1) is 11.8 Å². The smallest absolute Gasteiger partial charge is 0.410 e. The van der Waals surface area contributed by atoms with Gasteiger partial charge in [-0.15, -0.1) is 0 Å². The van der Waals surface area contributed by atoms with Crippen LogP contribution in [0.5, 0.6) is 5.75 Å². The maximum absolute atomic E-state index is 12.2. The number of carbonyl (C=O) groups is 1. The second-order valence-electron chi connectivity index (χ2n) is 8.15. The molecule has 5 nitrogen and oxygen atoms in total. The Morgan fingerprint density at radius 1 is 1.23 bits per heavy atom. The summed E-state index contributed by atoms with van der Waals surface area (Å²) in [4.78, 5) is 14.0. The van der Waals surface area contributed by atoms with Gasteiger partial charge in [-0.25, -0.2) is 4.79 Å². The summed E-state index contributed by atoms with van der Waals surface area (Å²) < 4.78 is 11.3. The molecule has 1 aliphatic rings. The van der Waals surface area contributed by atoms with E-state index in [1.54, 1.807) is 4.90 Å². The van der Waals surface area contributed by atoms with Gasteiger partial charge in [0.1, 0.15) is 11.4 Å². The van der Waals surface area contributed by atoms with Crippen LogP contribution in [0.3, 0.4) is 0 Å². The van der Waals surface area contributed by atoms with Crippen molar-refractivity contribution in [1.29, 1.82) is 0 Å². The zero-order valence-electron chi connectivity index (χ0n) is 16.4. The van der Waals surface area contributed by atoms with Gasteiger partial charge in [0.25, 0.3) is 0 Å². The van der Waals surface area contributed by atoms with Crippen molar-refractivity contribution in [2.45, 2.75) is 79.4 Å². The highest BCUT2D eigenvalue weighted by Gasteiger charge is 2.28. The fraction of sp³-hybridized carbons (Fsp3) is 0.667. The van der Waals surface area contributed by atoms with Crippen LogP contribution < -0.4 is 10.5 Å². The number of hydrogen-bond donors (Lipinski definition) is 1. The van der Waals surface area contributed by atoms with E-state index in [2.05, 4.69) is 13.0 Å². The maximum Gasteiger partial charge on any atom is 0.410 e. The van der Waals surface area contributed by atoms with E-state index in [1.165, 1.54) is 11.1 Å². The molecule has 1 aliphatic heterocycles. The number of likely N-dealkylation sites (tertiary alicyclic amines) is 1. The first-order valence-electron chi connectivity index (χ1n) is 9.11. The number of ether oxygens (including phenoxy) is 2. The second kappa shape index (κ2) is 8.65. The number of nitrogens with zero attached hydrogens (tertiary/aromatic N) is 1. The first-order chi connectivity index (χ1) is 11.6. The van der Waals surface area contributed by atoms with Gasteiger partial charge >= 0.3 is 6.09 Å². The lowest BCUT2D eigenvalue weighted by Gasteiger charge is -2.34. The number of carbonyl (C=O) groups excluding carboxylic acids is 1. The highest BCUT2D eigenvalue weighted by Crippen LogP contribution is 2.36. The van der Waals surface area contributed by atoms with Crippen molar-refractivity contribution in [3.8, 4) is 5.75 Å². The van der Waals surface area contributed by atoms with E-state index in [4.69, 9.17) is 15.2 Å². The van der Waals surface area contributed by atoms with Crippen molar-refractivity contribution in [2.24, 2.45) is 0 Å². The highest BCUT2D eigenvalue weighted by atomic mass is 16.6. The quantitative estimate of drug-likeness (QED) is 0.757. The third kappa shape index (κ3) is 5.82. The van der Waals surface area contributed by atoms with E-state index in [1.807, 2.05) is 40.7 Å². The molecule has 0 radical (unpaired) electrons. The Bertz CT molecular complexity index is 612. The van der Waals surface area contributed by atoms with Gasteiger partial charge < -0.3 is 20.1 Å². The molecule has 0 bridgehead atoms. The van der Waals surface area contributed by atoms with Crippen LogP contribution in [0.25, 0.3) is 0 Å². The number of piperidine rings is 1. The maximum atomic E-state index is 12.2. The predicted octanol–water partition coefficient (Wildman–Crippen LogP) is 5.12. The summed E-state index contributed by atoms with van der Waals surface area (Å²) in [7, 11) is 0. The molecule has 0 atom stereocenters. The van der Waals surface area contributed by atoms with E-state index < -0.39 is 5.60 Å². The molecule has 5 heteroatoms. The average molecular weight is 365 g/mol. The van der Waals surface area contributed by atoms with Gasteiger partial charge in [0.2, 0.25) is 0 Å². The third-order valence-electron chi connectivity index (χ3n) is 4.35. The van der Waals surface area contributed by atoms with Gasteiger partial charge in [-0.1, -0.05) is 7.43 Å². The number of hydrogen-bond acceptors (Lipinski definition) is 4. The van der Waals surface area contributed by atoms with Crippen LogP contribution in [0.1, 0.15) is 71.9 Å². The number of nitrogen functional groups attached to an aromatic ring is 1. The fourth-order valence-corrected chi connectivity index (χ4v) is 3.22. The molecule has 1 amide bonds. The Labute approximate surface area is 158 Å². The van der Waals surface area contributed by atoms with E-state index in [0.29, 0.717) is 24.7 Å². The van der Waals surface area contributed by atoms with Crippen molar-refractivity contribution in [1.82, 2.24) is 4.90 Å². The molecule has 0 saturated carbocycles. The van der Waals surface area contributed by atoms with Gasteiger partial charge in [0, 0.05) is 13.1 Å². The molecule has 1 aromatic rings. The highest BCUT2D eigenvalue weighted by molar-refractivity contribution is 5.68. The lowest BCUT2D eigenvalue weighted by Crippen LogP contribution is -2.41. The fourth-order valence-electron chi connectivity index (χ4n) is 3.22.